The van der Waals surface area contributed by atoms with E-state index in [-0.39, 0.29) is 18.2 Å². The minimum Gasteiger partial charge on any atom is -0.487 e. The molecule has 0 aromatic heterocycles. The molecule has 2 rings (SSSR count). The van der Waals surface area contributed by atoms with E-state index in [4.69, 9.17) is 14.2 Å². The number of hydrogen-bond donors (Lipinski definition) is 0. The maximum Gasteiger partial charge on any atom is 0.337 e. The summed E-state index contributed by atoms with van der Waals surface area (Å²) in [6.45, 7) is 20.6. The summed E-state index contributed by atoms with van der Waals surface area (Å²) in [6, 6.07) is 0. The Morgan fingerprint density at radius 3 is 2.11 bits per heavy atom. The molecule has 0 saturated carbocycles. The largest absolute Gasteiger partial charge is 0.487 e. The highest BCUT2D eigenvalue weighted by molar-refractivity contribution is 5.75. The van der Waals surface area contributed by atoms with Crippen LogP contribution in [0, 0.1) is 38.5 Å². The fourth-order valence-corrected chi connectivity index (χ4v) is 5.86. The number of benzene rings is 1. The van der Waals surface area contributed by atoms with E-state index < -0.39 is 0 Å². The van der Waals surface area contributed by atoms with Crippen LogP contribution in [0.5, 0.6) is 11.5 Å². The van der Waals surface area contributed by atoms with Gasteiger partial charge in [-0.25, -0.2) is 4.79 Å². The topological polar surface area (TPSA) is 44.8 Å². The van der Waals surface area contributed by atoms with Crippen LogP contribution >= 0.6 is 0 Å². The third-order valence-corrected chi connectivity index (χ3v) is 8.62. The van der Waals surface area contributed by atoms with Gasteiger partial charge in [-0.15, -0.1) is 0 Å². The van der Waals surface area contributed by atoms with Crippen LogP contribution in [0.15, 0.2) is 0 Å². The number of rotatable bonds is 17. The molecular weight excluding hydrogens is 472 g/mol. The fourth-order valence-electron chi connectivity index (χ4n) is 5.86. The summed E-state index contributed by atoms with van der Waals surface area (Å²) < 4.78 is 17.9. The van der Waals surface area contributed by atoms with Crippen LogP contribution in [-0.4, -0.2) is 24.8 Å². The predicted molar refractivity (Wildman–Crippen MR) is 159 cm³/mol. The molecule has 1 aromatic carbocycles. The van der Waals surface area contributed by atoms with Gasteiger partial charge in [0.1, 0.15) is 23.7 Å². The lowest BCUT2D eigenvalue weighted by Crippen LogP contribution is -2.37. The second-order valence-electron chi connectivity index (χ2n) is 12.9. The van der Waals surface area contributed by atoms with Gasteiger partial charge < -0.3 is 14.2 Å². The molecule has 1 aliphatic heterocycles. The summed E-state index contributed by atoms with van der Waals surface area (Å²) in [5, 5.41) is 0. The first-order valence-corrected chi connectivity index (χ1v) is 15.6. The summed E-state index contributed by atoms with van der Waals surface area (Å²) in [4.78, 5) is 12.3. The maximum absolute atomic E-state index is 12.3. The van der Waals surface area contributed by atoms with Crippen LogP contribution in [-0.2, 0) is 16.0 Å². The quantitative estimate of drug-likeness (QED) is 0.114. The van der Waals surface area contributed by atoms with Gasteiger partial charge in [-0.3, -0.25) is 0 Å². The highest BCUT2D eigenvalue weighted by Gasteiger charge is 2.34. The van der Waals surface area contributed by atoms with Crippen LogP contribution < -0.4 is 9.47 Å². The van der Waals surface area contributed by atoms with Crippen molar-refractivity contribution >= 4 is 5.97 Å². The third-order valence-electron chi connectivity index (χ3n) is 8.62. The van der Waals surface area contributed by atoms with Crippen molar-refractivity contribution in [2.24, 2.45) is 17.8 Å². The first-order chi connectivity index (χ1) is 18.0. The molecule has 1 aliphatic rings. The zero-order valence-corrected chi connectivity index (χ0v) is 26.3. The van der Waals surface area contributed by atoms with E-state index in [1.54, 1.807) is 0 Å². The van der Waals surface area contributed by atoms with Gasteiger partial charge in [0.15, 0.2) is 0 Å². The Hall–Kier alpha value is -1.55. The van der Waals surface area contributed by atoms with E-state index in [9.17, 15) is 4.79 Å². The molecule has 1 aromatic rings. The molecule has 1 heterocycles. The lowest BCUT2D eigenvalue weighted by atomic mass is 9.83. The van der Waals surface area contributed by atoms with Crippen LogP contribution in [0.3, 0.4) is 0 Å². The normalized spacial score (nSPS) is 18.7. The summed E-state index contributed by atoms with van der Waals surface area (Å²) in [7, 11) is 0. The van der Waals surface area contributed by atoms with Gasteiger partial charge >= 0.3 is 5.97 Å². The Bertz CT molecular complexity index is 874. The summed E-state index contributed by atoms with van der Waals surface area (Å²) >= 11 is 0. The smallest absolute Gasteiger partial charge is 0.337 e. The molecule has 4 heteroatoms. The molecule has 0 fully saturated rings. The predicted octanol–water partition coefficient (Wildman–Crippen LogP) is 9.47. The Morgan fingerprint density at radius 1 is 0.895 bits per heavy atom. The van der Waals surface area contributed by atoms with Crippen molar-refractivity contribution in [3.05, 3.63) is 22.3 Å². The van der Waals surface area contributed by atoms with Gasteiger partial charge in [0, 0.05) is 12.2 Å². The molecule has 4 nitrogen and oxygen atoms in total. The third kappa shape index (κ3) is 10.2. The molecule has 0 N–H and O–H groups in total. The Balaban J connectivity index is 1.85. The van der Waals surface area contributed by atoms with E-state index >= 15 is 0 Å². The standard InChI is InChI=1S/C34H58O4/c1-10-22-36-23-31(35)37-32-27(6)28(7)33-30(29(32)8)19-21-34(9,38-33)20-13-18-26(5)17-12-16-25(4)15-11-14-24(2)3/h24-26H,10-23H2,1-9H3/t25-,26-,34-/m1/s1. The molecule has 38 heavy (non-hydrogen) atoms. The number of carbonyl (C=O) groups is 1. The molecule has 0 unspecified atom stereocenters. The summed E-state index contributed by atoms with van der Waals surface area (Å²) in [5.74, 6) is 3.84. The van der Waals surface area contributed by atoms with Crippen LogP contribution in [0.4, 0.5) is 0 Å². The Labute approximate surface area is 234 Å². The Morgan fingerprint density at radius 2 is 1.50 bits per heavy atom. The number of carbonyl (C=O) groups excluding carboxylic acids is 1. The molecule has 0 spiro atoms. The Kier molecular flexibility index (Phi) is 13.7. The van der Waals surface area contributed by atoms with E-state index in [2.05, 4.69) is 48.5 Å². The van der Waals surface area contributed by atoms with Crippen molar-refractivity contribution < 1.29 is 19.0 Å². The van der Waals surface area contributed by atoms with Crippen LogP contribution in [0.2, 0.25) is 0 Å². The van der Waals surface area contributed by atoms with E-state index in [1.165, 1.54) is 56.9 Å². The number of fused-ring (bicyclic) bond motifs is 1. The minimum atomic E-state index is -0.333. The minimum absolute atomic E-state index is 0.00678. The number of esters is 1. The molecular formula is C34H58O4. The zero-order valence-electron chi connectivity index (χ0n) is 26.3. The molecule has 218 valence electrons. The highest BCUT2D eigenvalue weighted by Crippen LogP contribution is 2.45. The summed E-state index contributed by atoms with van der Waals surface area (Å²) in [5.41, 5.74) is 4.17. The average molecular weight is 531 g/mol. The first kappa shape index (κ1) is 32.7. The van der Waals surface area contributed by atoms with Gasteiger partial charge in [-0.05, 0) is 94.2 Å². The zero-order chi connectivity index (χ0) is 28.3. The van der Waals surface area contributed by atoms with Gasteiger partial charge in [0.25, 0.3) is 0 Å². The number of hydrogen-bond acceptors (Lipinski definition) is 4. The molecule has 0 aliphatic carbocycles. The lowest BCUT2D eigenvalue weighted by molar-refractivity contribution is -0.139. The number of ether oxygens (including phenoxy) is 3. The summed E-state index contributed by atoms with van der Waals surface area (Å²) in [6.07, 6.45) is 14.6. The van der Waals surface area contributed by atoms with E-state index in [1.807, 2.05) is 13.8 Å². The van der Waals surface area contributed by atoms with Crippen molar-refractivity contribution in [2.75, 3.05) is 13.2 Å². The van der Waals surface area contributed by atoms with Gasteiger partial charge in [0.05, 0.1) is 0 Å². The molecule has 0 saturated heterocycles. The fraction of sp³-hybridized carbons (Fsp3) is 0.794. The van der Waals surface area contributed by atoms with Crippen molar-refractivity contribution in [2.45, 2.75) is 145 Å². The van der Waals surface area contributed by atoms with Crippen molar-refractivity contribution in [3.8, 4) is 11.5 Å². The molecule has 0 amide bonds. The van der Waals surface area contributed by atoms with Crippen molar-refractivity contribution in [1.29, 1.82) is 0 Å². The van der Waals surface area contributed by atoms with Crippen LogP contribution in [0.25, 0.3) is 0 Å². The van der Waals surface area contributed by atoms with E-state index in [0.29, 0.717) is 12.4 Å². The SMILES string of the molecule is CCCOCC(=O)Oc1c(C)c(C)c2c(c1C)CC[C@@](C)(CCC[C@H](C)CCC[C@H](C)CCCC(C)C)O2. The van der Waals surface area contributed by atoms with Crippen LogP contribution in [0.1, 0.15) is 134 Å². The molecule has 0 radical (unpaired) electrons. The monoisotopic (exact) mass is 530 g/mol. The van der Waals surface area contributed by atoms with Crippen molar-refractivity contribution in [3.63, 3.8) is 0 Å². The highest BCUT2D eigenvalue weighted by atomic mass is 16.6. The molecule has 0 bridgehead atoms. The average Bonchev–Trinajstić information content (AvgIpc) is 2.85. The van der Waals surface area contributed by atoms with Gasteiger partial charge in [-0.2, -0.15) is 0 Å². The first-order valence-electron chi connectivity index (χ1n) is 15.6. The maximum atomic E-state index is 12.3. The second kappa shape index (κ2) is 15.9. The van der Waals surface area contributed by atoms with E-state index in [0.717, 1.165) is 65.9 Å². The van der Waals surface area contributed by atoms with Gasteiger partial charge in [0.2, 0.25) is 0 Å². The lowest BCUT2D eigenvalue weighted by Gasteiger charge is -2.38. The molecule has 3 atom stereocenters. The van der Waals surface area contributed by atoms with Crippen molar-refractivity contribution in [1.82, 2.24) is 0 Å². The van der Waals surface area contributed by atoms with Gasteiger partial charge in [-0.1, -0.05) is 79.6 Å². The second-order valence-corrected chi connectivity index (χ2v) is 12.9.